The van der Waals surface area contributed by atoms with E-state index >= 15 is 0 Å². The molecular formula is C27H26O4. The summed E-state index contributed by atoms with van der Waals surface area (Å²) in [6.07, 6.45) is 2.06. The minimum Gasteiger partial charge on any atom is -0.497 e. The van der Waals surface area contributed by atoms with Crippen molar-refractivity contribution in [2.75, 3.05) is 14.2 Å². The number of rotatable bonds is 9. The number of methoxy groups -OCH3 is 2. The van der Waals surface area contributed by atoms with Crippen molar-refractivity contribution >= 4 is 11.6 Å². The van der Waals surface area contributed by atoms with Crippen molar-refractivity contribution in [2.24, 2.45) is 0 Å². The quantitative estimate of drug-likeness (QED) is 0.358. The van der Waals surface area contributed by atoms with Gasteiger partial charge in [-0.2, -0.15) is 0 Å². The second-order valence-corrected chi connectivity index (χ2v) is 7.37. The average Bonchev–Trinajstić information content (AvgIpc) is 2.80. The van der Waals surface area contributed by atoms with E-state index in [4.69, 9.17) is 9.47 Å². The molecule has 3 aromatic rings. The molecule has 0 unspecified atom stereocenters. The summed E-state index contributed by atoms with van der Waals surface area (Å²) >= 11 is 0. The molecule has 0 saturated carbocycles. The van der Waals surface area contributed by atoms with Crippen molar-refractivity contribution in [3.05, 3.63) is 107 Å². The molecule has 0 aliphatic heterocycles. The molecule has 0 bridgehead atoms. The first-order valence-corrected chi connectivity index (χ1v) is 10.1. The molecule has 0 heterocycles. The Morgan fingerprint density at radius 2 is 1.19 bits per heavy atom. The molecule has 0 atom stereocenters. The molecule has 4 heteroatoms. The topological polar surface area (TPSA) is 52.6 Å². The van der Waals surface area contributed by atoms with E-state index in [1.54, 1.807) is 26.4 Å². The lowest BCUT2D eigenvalue weighted by Gasteiger charge is -2.09. The van der Waals surface area contributed by atoms with Crippen LogP contribution in [0.1, 0.15) is 27.0 Å². The highest BCUT2D eigenvalue weighted by Gasteiger charge is 2.15. The number of aryl methyl sites for hydroxylation is 1. The number of benzene rings is 3. The van der Waals surface area contributed by atoms with Crippen LogP contribution in [0.3, 0.4) is 0 Å². The van der Waals surface area contributed by atoms with Crippen molar-refractivity contribution in [2.45, 2.75) is 19.8 Å². The minimum atomic E-state index is -0.174. The Bertz CT molecular complexity index is 1060. The summed E-state index contributed by atoms with van der Waals surface area (Å²) in [5, 5.41) is 0. The number of allylic oxidation sites excluding steroid dienone is 2. The molecular weight excluding hydrogens is 388 g/mol. The van der Waals surface area contributed by atoms with Gasteiger partial charge in [0, 0.05) is 24.0 Å². The standard InChI is InChI=1S/C27H26O4/c1-19-4-10-22(11-5-19)27(29)18-23(16-20-6-12-24(30-2)13-7-20)26(28)17-21-8-14-25(31-3)15-9-21/h4-15,18H,16-17H2,1-3H3. The van der Waals surface area contributed by atoms with Crippen molar-refractivity contribution in [1.82, 2.24) is 0 Å². The highest BCUT2D eigenvalue weighted by atomic mass is 16.5. The van der Waals surface area contributed by atoms with Crippen LogP contribution in [0.5, 0.6) is 11.5 Å². The summed E-state index contributed by atoms with van der Waals surface area (Å²) in [6, 6.07) is 22.2. The zero-order valence-electron chi connectivity index (χ0n) is 18.1. The molecule has 3 aromatic carbocycles. The second-order valence-electron chi connectivity index (χ2n) is 7.37. The van der Waals surface area contributed by atoms with Gasteiger partial charge in [0.25, 0.3) is 0 Å². The number of carbonyl (C=O) groups is 2. The Morgan fingerprint density at radius 1 is 0.710 bits per heavy atom. The number of ether oxygens (including phenoxy) is 2. The number of carbonyl (C=O) groups excluding carboxylic acids is 2. The highest BCUT2D eigenvalue weighted by molar-refractivity contribution is 6.10. The molecule has 0 N–H and O–H groups in total. The summed E-state index contributed by atoms with van der Waals surface area (Å²) in [5.74, 6) is 1.22. The Morgan fingerprint density at radius 3 is 1.68 bits per heavy atom. The van der Waals surface area contributed by atoms with E-state index in [1.165, 1.54) is 6.08 Å². The minimum absolute atomic E-state index is 0.0820. The van der Waals surface area contributed by atoms with Crippen LogP contribution in [-0.2, 0) is 17.6 Å². The van der Waals surface area contributed by atoms with Crippen molar-refractivity contribution in [1.29, 1.82) is 0 Å². The lowest BCUT2D eigenvalue weighted by Crippen LogP contribution is -2.11. The normalized spacial score (nSPS) is 11.1. The van der Waals surface area contributed by atoms with E-state index in [9.17, 15) is 9.59 Å². The summed E-state index contributed by atoms with van der Waals surface area (Å²) in [4.78, 5) is 26.0. The second kappa shape index (κ2) is 10.4. The molecule has 0 saturated heterocycles. The maximum atomic E-state index is 13.1. The lowest BCUT2D eigenvalue weighted by atomic mass is 9.95. The molecule has 0 spiro atoms. The average molecular weight is 415 g/mol. The van der Waals surface area contributed by atoms with Crippen LogP contribution in [-0.4, -0.2) is 25.8 Å². The smallest absolute Gasteiger partial charge is 0.186 e. The zero-order chi connectivity index (χ0) is 22.2. The first kappa shape index (κ1) is 22.0. The summed E-state index contributed by atoms with van der Waals surface area (Å²) in [7, 11) is 3.21. The van der Waals surface area contributed by atoms with Gasteiger partial charge in [-0.3, -0.25) is 9.59 Å². The summed E-state index contributed by atoms with van der Waals surface area (Å²) in [5.41, 5.74) is 3.93. The van der Waals surface area contributed by atoms with Gasteiger partial charge >= 0.3 is 0 Å². The largest absolute Gasteiger partial charge is 0.497 e. The van der Waals surface area contributed by atoms with E-state index in [2.05, 4.69) is 0 Å². The maximum absolute atomic E-state index is 13.1. The fraction of sp³-hybridized carbons (Fsp3) is 0.185. The predicted molar refractivity (Wildman–Crippen MR) is 122 cm³/mol. The lowest BCUT2D eigenvalue weighted by molar-refractivity contribution is -0.115. The van der Waals surface area contributed by atoms with Gasteiger partial charge in [-0.05, 0) is 48.4 Å². The van der Waals surface area contributed by atoms with Gasteiger partial charge in [-0.1, -0.05) is 54.1 Å². The molecule has 0 amide bonds. The van der Waals surface area contributed by atoms with Gasteiger partial charge in [-0.15, -0.1) is 0 Å². The molecule has 3 rings (SSSR count). The SMILES string of the molecule is COc1ccc(CC(=O)C(=CC(=O)c2ccc(C)cc2)Cc2ccc(OC)cc2)cc1. The van der Waals surface area contributed by atoms with E-state index in [1.807, 2.05) is 67.6 Å². The highest BCUT2D eigenvalue weighted by Crippen LogP contribution is 2.19. The van der Waals surface area contributed by atoms with Crippen LogP contribution in [0.15, 0.2) is 84.4 Å². The van der Waals surface area contributed by atoms with Crippen LogP contribution in [0.25, 0.3) is 0 Å². The van der Waals surface area contributed by atoms with Gasteiger partial charge in [0.2, 0.25) is 0 Å². The van der Waals surface area contributed by atoms with Crippen molar-refractivity contribution in [3.63, 3.8) is 0 Å². The van der Waals surface area contributed by atoms with Crippen molar-refractivity contribution < 1.29 is 19.1 Å². The number of hydrogen-bond acceptors (Lipinski definition) is 4. The van der Waals surface area contributed by atoms with Crippen LogP contribution in [0.4, 0.5) is 0 Å². The van der Waals surface area contributed by atoms with Gasteiger partial charge in [0.05, 0.1) is 14.2 Å². The van der Waals surface area contributed by atoms with Crippen LogP contribution in [0.2, 0.25) is 0 Å². The van der Waals surface area contributed by atoms with E-state index < -0.39 is 0 Å². The number of ketones is 2. The van der Waals surface area contributed by atoms with Gasteiger partial charge in [0.1, 0.15) is 11.5 Å². The van der Waals surface area contributed by atoms with Gasteiger partial charge < -0.3 is 9.47 Å². The molecule has 0 aromatic heterocycles. The molecule has 0 fully saturated rings. The van der Waals surface area contributed by atoms with Crippen LogP contribution < -0.4 is 9.47 Å². The molecule has 0 aliphatic rings. The first-order valence-electron chi connectivity index (χ1n) is 10.1. The Labute approximate surface area is 183 Å². The van der Waals surface area contributed by atoms with Gasteiger partial charge in [0.15, 0.2) is 11.6 Å². The molecule has 4 nitrogen and oxygen atoms in total. The van der Waals surface area contributed by atoms with Crippen molar-refractivity contribution in [3.8, 4) is 11.5 Å². The van der Waals surface area contributed by atoms with Crippen LogP contribution >= 0.6 is 0 Å². The third-order valence-corrected chi connectivity index (χ3v) is 5.08. The summed E-state index contributed by atoms with van der Waals surface area (Å²) < 4.78 is 10.4. The first-order chi connectivity index (χ1) is 15.0. The monoisotopic (exact) mass is 414 g/mol. The Balaban J connectivity index is 1.86. The Kier molecular flexibility index (Phi) is 7.39. The third kappa shape index (κ3) is 6.16. The van der Waals surface area contributed by atoms with Crippen LogP contribution in [0, 0.1) is 6.92 Å². The number of Topliss-reactive ketones (excluding diaryl/α,β-unsaturated/α-hetero) is 1. The summed E-state index contributed by atoms with van der Waals surface area (Å²) in [6.45, 7) is 1.97. The fourth-order valence-electron chi connectivity index (χ4n) is 3.20. The van der Waals surface area contributed by atoms with Gasteiger partial charge in [-0.25, -0.2) is 0 Å². The fourth-order valence-corrected chi connectivity index (χ4v) is 3.20. The predicted octanol–water partition coefficient (Wildman–Crippen LogP) is 5.18. The molecule has 0 radical (unpaired) electrons. The third-order valence-electron chi connectivity index (χ3n) is 5.08. The number of hydrogen-bond donors (Lipinski definition) is 0. The van der Waals surface area contributed by atoms with E-state index in [-0.39, 0.29) is 18.0 Å². The zero-order valence-corrected chi connectivity index (χ0v) is 18.1. The Hall–Kier alpha value is -3.66. The molecule has 0 aliphatic carbocycles. The van der Waals surface area contributed by atoms with E-state index in [0.29, 0.717) is 17.6 Å². The van der Waals surface area contributed by atoms with E-state index in [0.717, 1.165) is 28.2 Å². The molecule has 31 heavy (non-hydrogen) atoms. The molecule has 158 valence electrons. The maximum Gasteiger partial charge on any atom is 0.186 e.